The van der Waals surface area contributed by atoms with E-state index >= 15 is 0 Å². The third-order valence-corrected chi connectivity index (χ3v) is 2.85. The highest BCUT2D eigenvalue weighted by Crippen LogP contribution is 2.21. The van der Waals surface area contributed by atoms with Gasteiger partial charge < -0.3 is 0 Å². The molecule has 0 spiro atoms. The number of hydrogen-bond donors (Lipinski definition) is 0. The molecule has 1 aliphatic heterocycles. The summed E-state index contributed by atoms with van der Waals surface area (Å²) < 4.78 is 34.2. The molecule has 0 aromatic rings. The van der Waals surface area contributed by atoms with Gasteiger partial charge in [-0.3, -0.25) is 0 Å². The minimum Gasteiger partial charge on any atom is -0.182 e. The van der Waals surface area contributed by atoms with Crippen molar-refractivity contribution in [1.29, 1.82) is 0 Å². The molecule has 1 aliphatic rings. The number of allylic oxidation sites excluding steroid dienone is 3. The first-order valence-corrected chi connectivity index (χ1v) is 5.10. The quantitative estimate of drug-likeness (QED) is 0.477. The van der Waals surface area contributed by atoms with E-state index < -0.39 is 21.0 Å². The summed E-state index contributed by atoms with van der Waals surface area (Å²) in [6.45, 7) is 0. The van der Waals surface area contributed by atoms with Crippen molar-refractivity contribution in [3.8, 4) is 0 Å². The maximum Gasteiger partial charge on any atom is 0.140 e. The average Bonchev–Trinajstić information content (AvgIpc) is 1.85. The molecule has 62 valence electrons. The van der Waals surface area contributed by atoms with E-state index in [1.807, 2.05) is 0 Å². The SMILES string of the molecule is [O-][Cl+3]([O-])([O-])OS1=CC=CC=C1. The molecule has 0 amide bonds. The second-order valence-electron chi connectivity index (χ2n) is 1.62. The van der Waals surface area contributed by atoms with E-state index in [1.165, 1.54) is 10.8 Å². The predicted octanol–water partition coefficient (Wildman–Crippen LogP) is -2.03. The van der Waals surface area contributed by atoms with Crippen molar-refractivity contribution in [2.24, 2.45) is 0 Å². The summed E-state index contributed by atoms with van der Waals surface area (Å²) in [4.78, 5) is 0. The van der Waals surface area contributed by atoms with Crippen LogP contribution in [0, 0.1) is 10.2 Å². The number of halogens is 1. The van der Waals surface area contributed by atoms with Crippen LogP contribution in [0.3, 0.4) is 0 Å². The Morgan fingerprint density at radius 2 is 1.82 bits per heavy atom. The van der Waals surface area contributed by atoms with E-state index in [1.54, 1.807) is 18.2 Å². The lowest BCUT2D eigenvalue weighted by molar-refractivity contribution is -1.91. The smallest absolute Gasteiger partial charge is 0.140 e. The Hall–Kier alpha value is -0.170. The van der Waals surface area contributed by atoms with Gasteiger partial charge >= 0.3 is 0 Å². The molecule has 0 bridgehead atoms. The molecule has 4 nitrogen and oxygen atoms in total. The fraction of sp³-hybridized carbons (Fsp3) is 0. The lowest BCUT2D eigenvalue weighted by Crippen LogP contribution is -2.60. The van der Waals surface area contributed by atoms with Crippen LogP contribution < -0.4 is 14.0 Å². The highest BCUT2D eigenvalue weighted by Gasteiger charge is 2.19. The molecule has 1 atom stereocenters. The Morgan fingerprint density at radius 3 is 2.27 bits per heavy atom. The first-order chi connectivity index (χ1) is 5.08. The van der Waals surface area contributed by atoms with Gasteiger partial charge in [0.25, 0.3) is 0 Å². The van der Waals surface area contributed by atoms with Crippen molar-refractivity contribution in [1.82, 2.24) is 0 Å². The summed E-state index contributed by atoms with van der Waals surface area (Å²) in [5, 5.41) is 2.98. The van der Waals surface area contributed by atoms with E-state index in [0.29, 0.717) is 0 Å². The van der Waals surface area contributed by atoms with Gasteiger partial charge in [-0.2, -0.15) is 14.0 Å². The molecular weight excluding hydrogens is 192 g/mol. The molecular formula is C5H5ClO4S. The summed E-state index contributed by atoms with van der Waals surface area (Å²) in [6.07, 6.45) is 4.94. The molecule has 6 heteroatoms. The number of rotatable bonds is 2. The first kappa shape index (κ1) is 8.92. The Labute approximate surface area is 68.3 Å². The van der Waals surface area contributed by atoms with Crippen LogP contribution in [0.1, 0.15) is 0 Å². The van der Waals surface area contributed by atoms with Gasteiger partial charge in [-0.25, -0.2) is 0 Å². The van der Waals surface area contributed by atoms with Crippen molar-refractivity contribution < 1.29 is 28.0 Å². The van der Waals surface area contributed by atoms with E-state index in [-0.39, 0.29) is 0 Å². The van der Waals surface area contributed by atoms with Crippen molar-refractivity contribution in [2.75, 3.05) is 0 Å². The average molecular weight is 197 g/mol. The van der Waals surface area contributed by atoms with Gasteiger partial charge in [0.15, 0.2) is 0 Å². The minimum atomic E-state index is -4.32. The summed E-state index contributed by atoms with van der Waals surface area (Å²) in [7, 11) is -5.34. The fourth-order valence-corrected chi connectivity index (χ4v) is 2.12. The van der Waals surface area contributed by atoms with E-state index in [0.717, 1.165) is 0 Å². The zero-order valence-electron chi connectivity index (χ0n) is 5.31. The lowest BCUT2D eigenvalue weighted by atomic mass is 10.5. The first-order valence-electron chi connectivity index (χ1n) is 2.59. The maximum absolute atomic E-state index is 10.0. The van der Waals surface area contributed by atoms with Crippen LogP contribution in [0.4, 0.5) is 0 Å². The van der Waals surface area contributed by atoms with Crippen LogP contribution in [-0.4, -0.2) is 5.37 Å². The zero-order valence-corrected chi connectivity index (χ0v) is 6.88. The highest BCUT2D eigenvalue weighted by molar-refractivity contribution is 8.13. The molecule has 0 aromatic carbocycles. The lowest BCUT2D eigenvalue weighted by Gasteiger charge is -2.12. The van der Waals surface area contributed by atoms with Gasteiger partial charge in [-0.1, -0.05) is 18.2 Å². The van der Waals surface area contributed by atoms with Gasteiger partial charge in [0.1, 0.15) is 14.5 Å². The summed E-state index contributed by atoms with van der Waals surface area (Å²) in [5.41, 5.74) is 0. The Morgan fingerprint density at radius 1 is 1.09 bits per heavy atom. The Balaban J connectivity index is 2.58. The summed E-state index contributed by atoms with van der Waals surface area (Å²) in [6, 6.07) is 0. The van der Waals surface area contributed by atoms with Gasteiger partial charge in [-0.15, -0.1) is 0 Å². The van der Waals surface area contributed by atoms with Gasteiger partial charge in [-0.05, 0) is 0 Å². The molecule has 0 aliphatic carbocycles. The van der Waals surface area contributed by atoms with Gasteiger partial charge in [0.05, 0.1) is 10.2 Å². The minimum absolute atomic E-state index is 1.02. The van der Waals surface area contributed by atoms with E-state index in [4.69, 9.17) is 0 Å². The standard InChI is InChI=1S/C5H5ClO4S/c7-6(8,9)10-11-4-2-1-3-5-11/h1-5H. The highest BCUT2D eigenvalue weighted by atomic mass is 35.7. The summed E-state index contributed by atoms with van der Waals surface area (Å²) >= 11 is 0. The Bertz CT molecular complexity index is 227. The van der Waals surface area contributed by atoms with Crippen molar-refractivity contribution in [3.05, 3.63) is 23.6 Å². The molecule has 0 saturated carbocycles. The predicted molar refractivity (Wildman–Crippen MR) is 33.0 cm³/mol. The molecule has 11 heavy (non-hydrogen) atoms. The topological polar surface area (TPSA) is 78.4 Å². The maximum atomic E-state index is 10.0. The van der Waals surface area contributed by atoms with E-state index in [9.17, 15) is 14.0 Å². The molecule has 0 radical (unpaired) electrons. The number of hydrogen-bond acceptors (Lipinski definition) is 4. The molecule has 0 saturated heterocycles. The van der Waals surface area contributed by atoms with Crippen LogP contribution in [-0.2, 0) is 3.74 Å². The second kappa shape index (κ2) is 3.48. The van der Waals surface area contributed by atoms with Crippen molar-refractivity contribution in [3.63, 3.8) is 0 Å². The largest absolute Gasteiger partial charge is 0.182 e. The van der Waals surface area contributed by atoms with Crippen LogP contribution >= 0.6 is 10.8 Å². The molecule has 0 fully saturated rings. The molecule has 0 N–H and O–H groups in total. The van der Waals surface area contributed by atoms with Gasteiger partial charge in [0.2, 0.25) is 0 Å². The second-order valence-corrected chi connectivity index (χ2v) is 4.08. The third kappa shape index (κ3) is 3.66. The fourth-order valence-electron chi connectivity index (χ4n) is 0.486. The van der Waals surface area contributed by atoms with Crippen molar-refractivity contribution in [2.45, 2.75) is 0 Å². The zero-order chi connectivity index (χ0) is 8.32. The van der Waals surface area contributed by atoms with Gasteiger partial charge in [0, 0.05) is 10.8 Å². The third-order valence-electron chi connectivity index (χ3n) is 0.797. The van der Waals surface area contributed by atoms with Crippen LogP contribution in [0.2, 0.25) is 0 Å². The van der Waals surface area contributed by atoms with Crippen molar-refractivity contribution >= 4 is 16.1 Å². The van der Waals surface area contributed by atoms with Crippen LogP contribution in [0.25, 0.3) is 0 Å². The normalized spacial score (nSPS) is 23.4. The van der Waals surface area contributed by atoms with E-state index in [2.05, 4.69) is 3.74 Å². The van der Waals surface area contributed by atoms with Crippen LogP contribution in [0.5, 0.6) is 0 Å². The monoisotopic (exact) mass is 196 g/mol. The molecule has 0 aromatic heterocycles. The molecule has 1 rings (SSSR count). The molecule has 1 unspecified atom stereocenters. The molecule has 1 heterocycles. The summed E-state index contributed by atoms with van der Waals surface area (Å²) in [5.74, 6) is 0. The Kier molecular flexibility index (Phi) is 2.83. The van der Waals surface area contributed by atoms with Crippen LogP contribution in [0.15, 0.2) is 23.6 Å².